The molecule has 1 aliphatic rings. The van der Waals surface area contributed by atoms with Gasteiger partial charge in [0.15, 0.2) is 0 Å². The predicted octanol–water partition coefficient (Wildman–Crippen LogP) is 7.97. The third kappa shape index (κ3) is 4.10. The first kappa shape index (κ1) is 23.8. The van der Waals surface area contributed by atoms with Crippen LogP contribution in [0.1, 0.15) is 80.4 Å². The zero-order valence-electron chi connectivity index (χ0n) is 20.6. The summed E-state index contributed by atoms with van der Waals surface area (Å²) in [4.78, 5) is 0. The molecule has 0 fully saturated rings. The van der Waals surface area contributed by atoms with E-state index in [9.17, 15) is 0 Å². The van der Waals surface area contributed by atoms with Crippen LogP contribution in [0.4, 0.5) is 0 Å². The van der Waals surface area contributed by atoms with Gasteiger partial charge < -0.3 is 4.74 Å². The van der Waals surface area contributed by atoms with E-state index in [1.807, 2.05) is 0 Å². The highest BCUT2D eigenvalue weighted by Crippen LogP contribution is 2.56. The van der Waals surface area contributed by atoms with Crippen molar-refractivity contribution < 1.29 is 4.74 Å². The highest BCUT2D eigenvalue weighted by molar-refractivity contribution is 7.67. The van der Waals surface area contributed by atoms with Crippen molar-refractivity contribution in [3.8, 4) is 11.5 Å². The molecule has 0 saturated carbocycles. The Morgan fingerprint density at radius 3 is 1.23 bits per heavy atom. The van der Waals surface area contributed by atoms with E-state index in [4.69, 9.17) is 4.74 Å². The highest BCUT2D eigenvalue weighted by Gasteiger charge is 2.39. The summed E-state index contributed by atoms with van der Waals surface area (Å²) in [6.45, 7) is 23.7. The topological polar surface area (TPSA) is 9.23 Å². The average molecular weight is 443 g/mol. The predicted molar refractivity (Wildman–Crippen MR) is 139 cm³/mol. The molecule has 0 amide bonds. The minimum atomic E-state index is -0.289. The summed E-state index contributed by atoms with van der Waals surface area (Å²) in [5, 5.41) is 2.89. The lowest BCUT2D eigenvalue weighted by atomic mass is 9.76. The molecule has 3 heteroatoms. The fourth-order valence-electron chi connectivity index (χ4n) is 5.21. The number of fused-ring (bicyclic) bond motifs is 2. The van der Waals surface area contributed by atoms with Crippen LogP contribution in [-0.4, -0.2) is 22.6 Å². The van der Waals surface area contributed by atoms with Gasteiger partial charge >= 0.3 is 0 Å². The molecule has 0 bridgehead atoms. The first-order chi connectivity index (χ1) is 14.0. The van der Waals surface area contributed by atoms with Gasteiger partial charge in [-0.3, -0.25) is 0 Å². The molecule has 0 saturated heterocycles. The number of rotatable bonds is 6. The summed E-state index contributed by atoms with van der Waals surface area (Å²) >= 11 is 0. The fourth-order valence-corrected chi connectivity index (χ4v) is 11.1. The van der Waals surface area contributed by atoms with Crippen molar-refractivity contribution in [3.63, 3.8) is 0 Å². The van der Waals surface area contributed by atoms with Gasteiger partial charge in [-0.15, -0.1) is 0 Å². The van der Waals surface area contributed by atoms with Crippen molar-refractivity contribution >= 4 is 26.5 Å². The van der Waals surface area contributed by atoms with Crippen molar-refractivity contribution in [2.45, 2.75) is 97.3 Å². The lowest BCUT2D eigenvalue weighted by Gasteiger charge is -2.40. The summed E-state index contributed by atoms with van der Waals surface area (Å²) < 4.78 is 6.97. The smallest absolute Gasteiger partial charge is 0.139 e. The van der Waals surface area contributed by atoms with E-state index in [2.05, 4.69) is 106 Å². The molecule has 30 heavy (non-hydrogen) atoms. The normalized spacial score (nSPS) is 15.3. The quantitative estimate of drug-likeness (QED) is 0.412. The monoisotopic (exact) mass is 442 g/mol. The van der Waals surface area contributed by atoms with Crippen molar-refractivity contribution in [1.29, 1.82) is 0 Å². The molecule has 1 heterocycles. The molecule has 0 N–H and O–H groups in total. The Hall–Kier alpha value is -0.900. The van der Waals surface area contributed by atoms with Crippen LogP contribution >= 0.6 is 15.8 Å². The first-order valence-corrected chi connectivity index (χ1v) is 14.5. The standard InChI is InChI=1S/C27H40OP2/c1-17(2)29(18(3)4)23-15-11-13-21-25(23)28-26-22(27(21,9)10)14-12-16-24(26)30(19(5)6)20(7)8/h11-20H,1-10H3. The average Bonchev–Trinajstić information content (AvgIpc) is 2.62. The van der Waals surface area contributed by atoms with E-state index in [0.29, 0.717) is 22.6 Å². The Bertz CT molecular complexity index is 808. The van der Waals surface area contributed by atoms with E-state index >= 15 is 0 Å². The Balaban J connectivity index is 2.26. The number of ether oxygens (including phenoxy) is 1. The van der Waals surface area contributed by atoms with Crippen LogP contribution < -0.4 is 15.3 Å². The molecule has 2 aromatic carbocycles. The van der Waals surface area contributed by atoms with Gasteiger partial charge in [0, 0.05) is 27.2 Å². The van der Waals surface area contributed by atoms with Gasteiger partial charge in [-0.05, 0) is 22.6 Å². The number of benzene rings is 2. The summed E-state index contributed by atoms with van der Waals surface area (Å²) in [7, 11) is -0.577. The maximum Gasteiger partial charge on any atom is 0.139 e. The van der Waals surface area contributed by atoms with Gasteiger partial charge in [0.1, 0.15) is 11.5 Å². The van der Waals surface area contributed by atoms with E-state index in [1.165, 1.54) is 21.7 Å². The van der Waals surface area contributed by atoms with Crippen molar-refractivity contribution in [2.24, 2.45) is 0 Å². The molecule has 0 radical (unpaired) electrons. The van der Waals surface area contributed by atoms with Gasteiger partial charge in [-0.2, -0.15) is 0 Å². The van der Waals surface area contributed by atoms with Crippen LogP contribution in [0.5, 0.6) is 11.5 Å². The second-order valence-electron chi connectivity index (χ2n) is 10.2. The number of hydrogen-bond donors (Lipinski definition) is 0. The Morgan fingerprint density at radius 2 is 0.933 bits per heavy atom. The second kappa shape index (κ2) is 8.92. The zero-order valence-corrected chi connectivity index (χ0v) is 22.4. The van der Waals surface area contributed by atoms with Crippen LogP contribution in [0, 0.1) is 0 Å². The molecule has 0 unspecified atom stereocenters. The minimum absolute atomic E-state index is 0.0567. The summed E-state index contributed by atoms with van der Waals surface area (Å²) in [5.74, 6) is 2.30. The van der Waals surface area contributed by atoms with Crippen molar-refractivity contribution in [1.82, 2.24) is 0 Å². The van der Waals surface area contributed by atoms with Crippen LogP contribution in [0.3, 0.4) is 0 Å². The number of hydrogen-bond acceptors (Lipinski definition) is 1. The van der Waals surface area contributed by atoms with E-state index in [0.717, 1.165) is 11.5 Å². The van der Waals surface area contributed by atoms with Gasteiger partial charge in [0.2, 0.25) is 0 Å². The molecular weight excluding hydrogens is 402 g/mol. The maximum atomic E-state index is 6.97. The molecule has 164 valence electrons. The Kier molecular flexibility index (Phi) is 7.06. The van der Waals surface area contributed by atoms with Crippen LogP contribution in [0.2, 0.25) is 0 Å². The maximum absolute atomic E-state index is 6.97. The van der Waals surface area contributed by atoms with Crippen LogP contribution in [-0.2, 0) is 5.41 Å². The van der Waals surface area contributed by atoms with Crippen LogP contribution in [0.15, 0.2) is 36.4 Å². The number of para-hydroxylation sites is 2. The molecule has 0 atom stereocenters. The largest absolute Gasteiger partial charge is 0.455 e. The second-order valence-corrected chi connectivity index (χ2v) is 16.9. The van der Waals surface area contributed by atoms with Gasteiger partial charge in [0.25, 0.3) is 0 Å². The highest BCUT2D eigenvalue weighted by atomic mass is 31.1. The fraction of sp³-hybridized carbons (Fsp3) is 0.556. The van der Waals surface area contributed by atoms with E-state index < -0.39 is 0 Å². The third-order valence-corrected chi connectivity index (χ3v) is 12.6. The summed E-state index contributed by atoms with van der Waals surface area (Å²) in [5.41, 5.74) is 5.18. The Morgan fingerprint density at radius 1 is 0.600 bits per heavy atom. The van der Waals surface area contributed by atoms with Gasteiger partial charge in [-0.25, -0.2) is 0 Å². The molecule has 0 spiro atoms. The van der Waals surface area contributed by atoms with Crippen molar-refractivity contribution in [2.75, 3.05) is 0 Å². The van der Waals surface area contributed by atoms with E-state index in [1.54, 1.807) is 0 Å². The first-order valence-electron chi connectivity index (χ1n) is 11.5. The molecule has 2 aromatic rings. The van der Waals surface area contributed by atoms with Gasteiger partial charge in [0.05, 0.1) is 0 Å². The third-order valence-electron chi connectivity index (χ3n) is 6.32. The van der Waals surface area contributed by atoms with Gasteiger partial charge in [-0.1, -0.05) is 121 Å². The summed E-state index contributed by atoms with van der Waals surface area (Å²) in [6, 6.07) is 13.8. The molecule has 1 aliphatic heterocycles. The molecular formula is C27H40OP2. The molecule has 0 aromatic heterocycles. The Labute approximate surface area is 187 Å². The SMILES string of the molecule is CC(C)P(c1cccc2c1Oc1c(P(C(C)C)C(C)C)cccc1C2(C)C)C(C)C. The minimum Gasteiger partial charge on any atom is -0.455 e. The molecule has 0 aliphatic carbocycles. The molecule has 1 nitrogen and oxygen atoms in total. The van der Waals surface area contributed by atoms with Crippen molar-refractivity contribution in [3.05, 3.63) is 47.5 Å². The lowest BCUT2D eigenvalue weighted by molar-refractivity contribution is 0.424. The zero-order chi connectivity index (χ0) is 22.4. The van der Waals surface area contributed by atoms with Crippen LogP contribution in [0.25, 0.3) is 0 Å². The summed E-state index contributed by atoms with van der Waals surface area (Å²) in [6.07, 6.45) is 0. The molecule has 3 rings (SSSR count). The lowest BCUT2D eigenvalue weighted by Crippen LogP contribution is -2.31. The van der Waals surface area contributed by atoms with E-state index in [-0.39, 0.29) is 21.3 Å².